The van der Waals surface area contributed by atoms with E-state index in [1.165, 1.54) is 4.90 Å². The van der Waals surface area contributed by atoms with Crippen LogP contribution in [-0.2, 0) is 11.3 Å². The first kappa shape index (κ1) is 18.4. The van der Waals surface area contributed by atoms with Crippen LogP contribution in [0, 0.1) is 29.8 Å². The second-order valence-electron chi connectivity index (χ2n) is 5.84. The molecule has 0 aliphatic carbocycles. The van der Waals surface area contributed by atoms with Gasteiger partial charge in [-0.2, -0.15) is 0 Å². The molecule has 1 amide bonds. The number of benzene rings is 2. The number of carbonyl (C=O) groups excluding carboxylic acids is 1. The maximum Gasteiger partial charge on any atom is 0.311 e. The summed E-state index contributed by atoms with van der Waals surface area (Å²) >= 11 is 0. The Bertz CT molecular complexity index is 808. The van der Waals surface area contributed by atoms with Crippen LogP contribution in [-0.4, -0.2) is 29.4 Å². The molecule has 0 unspecified atom stereocenters. The number of amides is 1. The van der Waals surface area contributed by atoms with Crippen molar-refractivity contribution in [2.45, 2.75) is 20.4 Å². The van der Waals surface area contributed by atoms with Crippen LogP contribution in [0.15, 0.2) is 36.4 Å². The van der Waals surface area contributed by atoms with Gasteiger partial charge in [-0.1, -0.05) is 23.8 Å². The number of halogens is 1. The maximum absolute atomic E-state index is 13.3. The van der Waals surface area contributed by atoms with Gasteiger partial charge in [-0.25, -0.2) is 4.39 Å². The van der Waals surface area contributed by atoms with Gasteiger partial charge in [0.25, 0.3) is 5.91 Å². The van der Waals surface area contributed by atoms with Gasteiger partial charge >= 0.3 is 5.69 Å². The average molecular weight is 346 g/mol. The van der Waals surface area contributed by atoms with Crippen molar-refractivity contribution in [3.8, 4) is 5.75 Å². The fourth-order valence-electron chi connectivity index (χ4n) is 2.37. The number of nitro groups is 1. The number of hydrogen-bond acceptors (Lipinski definition) is 4. The van der Waals surface area contributed by atoms with Gasteiger partial charge < -0.3 is 9.64 Å². The van der Waals surface area contributed by atoms with E-state index < -0.39 is 17.3 Å². The Morgan fingerprint density at radius 1 is 1.24 bits per heavy atom. The Morgan fingerprint density at radius 2 is 1.96 bits per heavy atom. The topological polar surface area (TPSA) is 72.7 Å². The smallest absolute Gasteiger partial charge is 0.311 e. The third kappa shape index (κ3) is 4.76. The Labute approximate surface area is 145 Å². The van der Waals surface area contributed by atoms with Crippen molar-refractivity contribution < 1.29 is 18.8 Å². The summed E-state index contributed by atoms with van der Waals surface area (Å²) in [6.07, 6.45) is 0. The van der Waals surface area contributed by atoms with Crippen LogP contribution in [0.25, 0.3) is 0 Å². The standard InChI is InChI=1S/C18H19FN2O4/c1-12-4-5-14(13(2)8-12)10-20(3)18(22)11-25-17-9-15(19)6-7-16(17)21(23)24/h4-9H,10-11H2,1-3H3. The van der Waals surface area contributed by atoms with Gasteiger partial charge in [0.05, 0.1) is 4.92 Å². The van der Waals surface area contributed by atoms with Gasteiger partial charge in [0, 0.05) is 25.7 Å². The van der Waals surface area contributed by atoms with E-state index in [1.54, 1.807) is 7.05 Å². The summed E-state index contributed by atoms with van der Waals surface area (Å²) in [5.74, 6) is -1.30. The fraction of sp³-hybridized carbons (Fsp3) is 0.278. The molecule has 0 aliphatic heterocycles. The summed E-state index contributed by atoms with van der Waals surface area (Å²) < 4.78 is 18.4. The highest BCUT2D eigenvalue weighted by Crippen LogP contribution is 2.27. The molecule has 0 radical (unpaired) electrons. The molecule has 0 saturated carbocycles. The lowest BCUT2D eigenvalue weighted by molar-refractivity contribution is -0.385. The van der Waals surface area contributed by atoms with E-state index in [-0.39, 0.29) is 17.3 Å². The average Bonchev–Trinajstić information content (AvgIpc) is 2.54. The van der Waals surface area contributed by atoms with Gasteiger partial charge in [-0.3, -0.25) is 14.9 Å². The van der Waals surface area contributed by atoms with E-state index in [0.717, 1.165) is 34.9 Å². The van der Waals surface area contributed by atoms with Crippen molar-refractivity contribution in [1.82, 2.24) is 4.90 Å². The molecule has 0 saturated heterocycles. The molecule has 2 rings (SSSR count). The first-order chi connectivity index (χ1) is 11.8. The zero-order valence-corrected chi connectivity index (χ0v) is 14.3. The molecule has 0 atom stereocenters. The minimum absolute atomic E-state index is 0.265. The number of nitro benzene ring substituents is 1. The van der Waals surface area contributed by atoms with Crippen molar-refractivity contribution >= 4 is 11.6 Å². The van der Waals surface area contributed by atoms with Crippen LogP contribution in [0.2, 0.25) is 0 Å². The SMILES string of the molecule is Cc1ccc(CN(C)C(=O)COc2cc(F)ccc2[N+](=O)[O-])c(C)c1. The van der Waals surface area contributed by atoms with Crippen LogP contribution >= 0.6 is 0 Å². The minimum Gasteiger partial charge on any atom is -0.477 e. The van der Waals surface area contributed by atoms with Gasteiger partial charge in [0.1, 0.15) is 5.82 Å². The largest absolute Gasteiger partial charge is 0.477 e. The maximum atomic E-state index is 13.3. The van der Waals surface area contributed by atoms with Gasteiger partial charge in [-0.15, -0.1) is 0 Å². The predicted molar refractivity (Wildman–Crippen MR) is 90.9 cm³/mol. The van der Waals surface area contributed by atoms with E-state index in [2.05, 4.69) is 0 Å². The first-order valence-electron chi connectivity index (χ1n) is 7.64. The monoisotopic (exact) mass is 346 g/mol. The summed E-state index contributed by atoms with van der Waals surface area (Å²) in [6, 6.07) is 8.82. The second-order valence-corrected chi connectivity index (χ2v) is 5.84. The molecule has 2 aromatic rings. The van der Waals surface area contributed by atoms with E-state index in [9.17, 15) is 19.3 Å². The first-order valence-corrected chi connectivity index (χ1v) is 7.64. The molecule has 7 heteroatoms. The van der Waals surface area contributed by atoms with Crippen molar-refractivity contribution in [2.24, 2.45) is 0 Å². The van der Waals surface area contributed by atoms with Crippen molar-refractivity contribution in [3.05, 3.63) is 69.0 Å². The Hall–Kier alpha value is -2.96. The molecule has 25 heavy (non-hydrogen) atoms. The van der Waals surface area contributed by atoms with Crippen LogP contribution < -0.4 is 4.74 Å². The van der Waals surface area contributed by atoms with Crippen LogP contribution in [0.1, 0.15) is 16.7 Å². The van der Waals surface area contributed by atoms with Crippen molar-refractivity contribution in [1.29, 1.82) is 0 Å². The summed E-state index contributed by atoms with van der Waals surface area (Å²) in [4.78, 5) is 23.9. The number of rotatable bonds is 6. The Kier molecular flexibility index (Phi) is 5.69. The summed E-state index contributed by atoms with van der Waals surface area (Å²) in [5, 5.41) is 10.9. The lowest BCUT2D eigenvalue weighted by Gasteiger charge is -2.19. The molecule has 0 spiro atoms. The normalized spacial score (nSPS) is 10.4. The van der Waals surface area contributed by atoms with Crippen LogP contribution in [0.5, 0.6) is 5.75 Å². The summed E-state index contributed by atoms with van der Waals surface area (Å²) in [5.41, 5.74) is 2.82. The van der Waals surface area contributed by atoms with Crippen molar-refractivity contribution in [3.63, 3.8) is 0 Å². The molecule has 0 fully saturated rings. The zero-order chi connectivity index (χ0) is 18.6. The molecule has 0 aliphatic rings. The van der Waals surface area contributed by atoms with E-state index in [4.69, 9.17) is 4.74 Å². The van der Waals surface area contributed by atoms with Crippen molar-refractivity contribution in [2.75, 3.05) is 13.7 Å². The van der Waals surface area contributed by atoms with E-state index >= 15 is 0 Å². The molecule has 6 nitrogen and oxygen atoms in total. The number of nitrogens with zero attached hydrogens (tertiary/aromatic N) is 2. The minimum atomic E-state index is -0.682. The highest BCUT2D eigenvalue weighted by Gasteiger charge is 2.18. The third-order valence-electron chi connectivity index (χ3n) is 3.80. The number of carbonyl (C=O) groups is 1. The lowest BCUT2D eigenvalue weighted by Crippen LogP contribution is -2.31. The molecule has 0 heterocycles. The van der Waals surface area contributed by atoms with Crippen LogP contribution in [0.3, 0.4) is 0 Å². The van der Waals surface area contributed by atoms with E-state index in [1.807, 2.05) is 32.0 Å². The summed E-state index contributed by atoms with van der Waals surface area (Å²) in [7, 11) is 1.62. The molecular formula is C18H19FN2O4. The number of hydrogen-bond donors (Lipinski definition) is 0. The van der Waals surface area contributed by atoms with Gasteiger partial charge in [-0.05, 0) is 31.0 Å². The number of ether oxygens (including phenoxy) is 1. The number of aryl methyl sites for hydroxylation is 2. The third-order valence-corrected chi connectivity index (χ3v) is 3.80. The fourth-order valence-corrected chi connectivity index (χ4v) is 2.37. The molecule has 0 bridgehead atoms. The highest BCUT2D eigenvalue weighted by molar-refractivity contribution is 5.77. The van der Waals surface area contributed by atoms with Gasteiger partial charge in [0.15, 0.2) is 6.61 Å². The van der Waals surface area contributed by atoms with Crippen LogP contribution in [0.4, 0.5) is 10.1 Å². The zero-order valence-electron chi connectivity index (χ0n) is 14.3. The quantitative estimate of drug-likeness (QED) is 0.594. The Balaban J connectivity index is 2.02. The summed E-state index contributed by atoms with van der Waals surface area (Å²) in [6.45, 7) is 3.93. The molecule has 0 N–H and O–H groups in total. The molecule has 2 aromatic carbocycles. The molecular weight excluding hydrogens is 327 g/mol. The highest BCUT2D eigenvalue weighted by atomic mass is 19.1. The molecule has 0 aromatic heterocycles. The number of likely N-dealkylation sites (N-methyl/N-ethyl adjacent to an activating group) is 1. The molecule has 132 valence electrons. The predicted octanol–water partition coefficient (Wildman–Crippen LogP) is 3.39. The Morgan fingerprint density at radius 3 is 2.60 bits per heavy atom. The van der Waals surface area contributed by atoms with Gasteiger partial charge in [0.2, 0.25) is 5.75 Å². The lowest BCUT2D eigenvalue weighted by atomic mass is 10.1. The second kappa shape index (κ2) is 7.74. The van der Waals surface area contributed by atoms with E-state index in [0.29, 0.717) is 6.54 Å².